The fraction of sp³-hybridized carbons (Fsp3) is 0.333. The van der Waals surface area contributed by atoms with Gasteiger partial charge >= 0.3 is 0 Å². The molecule has 0 fully saturated rings. The van der Waals surface area contributed by atoms with Crippen molar-refractivity contribution in [1.82, 2.24) is 0 Å². The summed E-state index contributed by atoms with van der Waals surface area (Å²) in [6.45, 7) is 0. The Morgan fingerprint density at radius 3 is 2.17 bits per heavy atom. The smallest absolute Gasteiger partial charge is 0.217 e. The van der Waals surface area contributed by atoms with E-state index in [1.54, 1.807) is 5.92 Å². The van der Waals surface area contributed by atoms with Crippen LogP contribution in [-0.4, -0.2) is 5.08 Å². The molecule has 1 atom stereocenters. The molecular formula is C3HBrF2. The average molecular weight is 155 g/mol. The standard InChI is InChI=1S/C3HBrF2/c4-3(6)1-2-5/h3H. The van der Waals surface area contributed by atoms with Gasteiger partial charge in [-0.05, 0) is 21.9 Å². The van der Waals surface area contributed by atoms with Crippen LogP contribution in [0.15, 0.2) is 0 Å². The van der Waals surface area contributed by atoms with Crippen molar-refractivity contribution in [2.75, 3.05) is 0 Å². The molecule has 0 saturated heterocycles. The second kappa shape index (κ2) is 3.10. The van der Waals surface area contributed by atoms with Gasteiger partial charge in [-0.1, -0.05) is 0 Å². The molecule has 0 spiro atoms. The highest BCUT2D eigenvalue weighted by Crippen LogP contribution is 1.95. The summed E-state index contributed by atoms with van der Waals surface area (Å²) < 4.78 is 21.8. The highest BCUT2D eigenvalue weighted by Gasteiger charge is 1.85. The number of alkyl halides is 2. The zero-order valence-corrected chi connectivity index (χ0v) is 4.30. The van der Waals surface area contributed by atoms with E-state index in [4.69, 9.17) is 0 Å². The molecule has 0 amide bonds. The Balaban J connectivity index is 3.20. The van der Waals surface area contributed by atoms with Gasteiger partial charge in [-0.2, -0.15) is 0 Å². The summed E-state index contributed by atoms with van der Waals surface area (Å²) in [4.78, 5) is 0. The molecule has 0 nitrogen and oxygen atoms in total. The maximum atomic E-state index is 11.2. The molecule has 0 heterocycles. The van der Waals surface area contributed by atoms with Crippen molar-refractivity contribution in [1.29, 1.82) is 0 Å². The molecule has 34 valence electrons. The zero-order valence-electron chi connectivity index (χ0n) is 2.71. The Morgan fingerprint density at radius 1 is 1.67 bits per heavy atom. The third kappa shape index (κ3) is 3.90. The van der Waals surface area contributed by atoms with Crippen molar-refractivity contribution in [3.8, 4) is 12.1 Å². The predicted octanol–water partition coefficient (Wildman–Crippen LogP) is 1.61. The normalized spacial score (nSPS) is 11.8. The minimum absolute atomic E-state index is 0.895. The van der Waals surface area contributed by atoms with Gasteiger partial charge in [0.25, 0.3) is 0 Å². The summed E-state index contributed by atoms with van der Waals surface area (Å²) in [7, 11) is 0. The van der Waals surface area contributed by atoms with Crippen LogP contribution in [0.2, 0.25) is 0 Å². The first-order valence-corrected chi connectivity index (χ1v) is 2.08. The minimum Gasteiger partial charge on any atom is -0.221 e. The van der Waals surface area contributed by atoms with E-state index in [0.717, 1.165) is 6.17 Å². The Bertz CT molecular complexity index is 78.5. The molecule has 6 heavy (non-hydrogen) atoms. The molecule has 0 rings (SSSR count). The van der Waals surface area contributed by atoms with E-state index in [2.05, 4.69) is 15.9 Å². The Kier molecular flexibility index (Phi) is 3.05. The van der Waals surface area contributed by atoms with Crippen molar-refractivity contribution < 1.29 is 8.78 Å². The molecule has 1 unspecified atom stereocenters. The van der Waals surface area contributed by atoms with Crippen molar-refractivity contribution >= 4 is 15.9 Å². The van der Waals surface area contributed by atoms with Crippen LogP contribution in [0.5, 0.6) is 0 Å². The number of hydrogen-bond acceptors (Lipinski definition) is 0. The quantitative estimate of drug-likeness (QED) is 0.368. The fourth-order valence-electron chi connectivity index (χ4n) is 0.0412. The molecule has 0 bridgehead atoms. The third-order valence-electron chi connectivity index (χ3n) is 0.164. The van der Waals surface area contributed by atoms with Crippen LogP contribution in [0.25, 0.3) is 0 Å². The lowest BCUT2D eigenvalue weighted by Crippen LogP contribution is -1.73. The van der Waals surface area contributed by atoms with Crippen LogP contribution < -0.4 is 0 Å². The van der Waals surface area contributed by atoms with Crippen LogP contribution in [0, 0.1) is 12.1 Å². The summed E-state index contributed by atoms with van der Waals surface area (Å²) in [5.41, 5.74) is 0. The summed E-state index contributed by atoms with van der Waals surface area (Å²) in [6.07, 6.45) is 0.895. The van der Waals surface area contributed by atoms with Gasteiger partial charge in [-0.25, -0.2) is 4.39 Å². The van der Waals surface area contributed by atoms with Crippen molar-refractivity contribution in [3.63, 3.8) is 0 Å². The first-order valence-electron chi connectivity index (χ1n) is 1.16. The summed E-state index contributed by atoms with van der Waals surface area (Å²) in [5, 5.41) is -1.53. The van der Waals surface area contributed by atoms with Crippen molar-refractivity contribution in [3.05, 3.63) is 0 Å². The first kappa shape index (κ1) is 5.90. The maximum absolute atomic E-state index is 11.2. The zero-order chi connectivity index (χ0) is 4.99. The third-order valence-corrected chi connectivity index (χ3v) is 0.393. The van der Waals surface area contributed by atoms with E-state index < -0.39 is 5.08 Å². The first-order chi connectivity index (χ1) is 2.77. The van der Waals surface area contributed by atoms with Crippen molar-refractivity contribution in [2.45, 2.75) is 5.08 Å². The van der Waals surface area contributed by atoms with E-state index in [1.807, 2.05) is 0 Å². The molecule has 0 aromatic rings. The molecule has 3 heteroatoms. The highest BCUT2D eigenvalue weighted by atomic mass is 79.9. The molecule has 0 aromatic carbocycles. The second-order valence-electron chi connectivity index (χ2n) is 0.540. The predicted molar refractivity (Wildman–Crippen MR) is 22.7 cm³/mol. The highest BCUT2D eigenvalue weighted by molar-refractivity contribution is 9.09. The van der Waals surface area contributed by atoms with Gasteiger partial charge in [0, 0.05) is 0 Å². The Labute approximate surface area is 42.7 Å². The van der Waals surface area contributed by atoms with E-state index in [1.165, 1.54) is 0 Å². The largest absolute Gasteiger partial charge is 0.221 e. The summed E-state index contributed by atoms with van der Waals surface area (Å²) >= 11 is 2.35. The van der Waals surface area contributed by atoms with E-state index in [9.17, 15) is 8.78 Å². The molecule has 0 aliphatic heterocycles. The molecule has 0 aliphatic carbocycles. The number of halogens is 3. The van der Waals surface area contributed by atoms with Crippen LogP contribution in [0.3, 0.4) is 0 Å². The van der Waals surface area contributed by atoms with Gasteiger partial charge in [0.15, 0.2) is 0 Å². The Hall–Kier alpha value is -0.100. The molecule has 0 aliphatic rings. The van der Waals surface area contributed by atoms with Gasteiger partial charge in [-0.15, -0.1) is 4.39 Å². The monoisotopic (exact) mass is 154 g/mol. The van der Waals surface area contributed by atoms with Gasteiger partial charge < -0.3 is 0 Å². The lowest BCUT2D eigenvalue weighted by molar-refractivity contribution is 0.539. The van der Waals surface area contributed by atoms with Gasteiger partial charge in [-0.3, -0.25) is 0 Å². The fourth-order valence-corrected chi connectivity index (χ4v) is 0.128. The molecule has 0 radical (unpaired) electrons. The van der Waals surface area contributed by atoms with Crippen LogP contribution in [0.4, 0.5) is 8.78 Å². The molecule has 0 aromatic heterocycles. The SMILES string of the molecule is FC#CC(F)Br. The Morgan fingerprint density at radius 2 is 2.17 bits per heavy atom. The number of hydrogen-bond donors (Lipinski definition) is 0. The summed E-state index contributed by atoms with van der Waals surface area (Å²) in [6, 6.07) is 0. The van der Waals surface area contributed by atoms with Crippen molar-refractivity contribution in [2.24, 2.45) is 0 Å². The van der Waals surface area contributed by atoms with E-state index in [-0.39, 0.29) is 0 Å². The second-order valence-corrected chi connectivity index (χ2v) is 1.34. The maximum Gasteiger partial charge on any atom is 0.217 e. The molecule has 0 saturated carbocycles. The number of rotatable bonds is 0. The van der Waals surface area contributed by atoms with E-state index in [0.29, 0.717) is 0 Å². The van der Waals surface area contributed by atoms with E-state index >= 15 is 0 Å². The lowest BCUT2D eigenvalue weighted by Gasteiger charge is -1.73. The van der Waals surface area contributed by atoms with Gasteiger partial charge in [0.1, 0.15) is 6.17 Å². The molecular weight excluding hydrogens is 154 g/mol. The van der Waals surface area contributed by atoms with Gasteiger partial charge in [0.2, 0.25) is 5.08 Å². The average Bonchev–Trinajstić information content (AvgIpc) is 1.35. The summed E-state index contributed by atoms with van der Waals surface area (Å²) in [5.74, 6) is 1.54. The van der Waals surface area contributed by atoms with Gasteiger partial charge in [0.05, 0.1) is 0 Å². The minimum atomic E-state index is -1.53. The van der Waals surface area contributed by atoms with Crippen LogP contribution >= 0.6 is 15.9 Å². The lowest BCUT2D eigenvalue weighted by atomic mass is 10.8. The topological polar surface area (TPSA) is 0 Å². The van der Waals surface area contributed by atoms with Crippen LogP contribution in [-0.2, 0) is 0 Å². The molecule has 0 N–H and O–H groups in total. The van der Waals surface area contributed by atoms with Crippen LogP contribution in [0.1, 0.15) is 0 Å².